The predicted molar refractivity (Wildman–Crippen MR) is 89.7 cm³/mol. The second-order valence-electron chi connectivity index (χ2n) is 5.94. The molecule has 0 aliphatic carbocycles. The lowest BCUT2D eigenvalue weighted by Gasteiger charge is -2.32. The second kappa shape index (κ2) is 8.02. The quantitative estimate of drug-likeness (QED) is 0.814. The van der Waals surface area contributed by atoms with E-state index in [2.05, 4.69) is 0 Å². The predicted octanol–water partition coefficient (Wildman–Crippen LogP) is 1.56. The number of nitrogens with zero attached hydrogens (tertiary/aromatic N) is 1. The van der Waals surface area contributed by atoms with E-state index in [4.69, 9.17) is 19.3 Å². The maximum Gasteiger partial charge on any atom is 0.323 e. The molecule has 0 atom stereocenters. The van der Waals surface area contributed by atoms with Crippen molar-refractivity contribution in [2.45, 2.75) is 18.9 Å². The summed E-state index contributed by atoms with van der Waals surface area (Å²) in [6.45, 7) is 1.79. The number of ether oxygens (including phenoxy) is 3. The van der Waals surface area contributed by atoms with Crippen molar-refractivity contribution in [3.63, 3.8) is 0 Å². The van der Waals surface area contributed by atoms with Crippen molar-refractivity contribution in [3.8, 4) is 11.5 Å². The Labute approximate surface area is 145 Å². The van der Waals surface area contributed by atoms with Crippen LogP contribution in [0.5, 0.6) is 11.5 Å². The van der Waals surface area contributed by atoms with E-state index >= 15 is 0 Å². The van der Waals surface area contributed by atoms with Gasteiger partial charge in [-0.15, -0.1) is 0 Å². The van der Waals surface area contributed by atoms with E-state index in [1.165, 1.54) is 11.0 Å². The number of aliphatic carboxylic acids is 1. The van der Waals surface area contributed by atoms with Crippen molar-refractivity contribution in [2.75, 3.05) is 33.0 Å². The number of amides is 1. The summed E-state index contributed by atoms with van der Waals surface area (Å²) in [5.74, 6) is -0.00568. The standard InChI is InChI=1S/C18H21NO6/c20-17(19(12-18(21)22)14-5-7-23-8-6-14)4-2-13-1-3-15-16(11-13)25-10-9-24-15/h1-4,11,14H,5-10,12H2,(H,21,22)/b4-2+. The largest absolute Gasteiger partial charge is 0.486 e. The molecule has 1 saturated heterocycles. The van der Waals surface area contributed by atoms with Gasteiger partial charge in [-0.25, -0.2) is 0 Å². The zero-order valence-corrected chi connectivity index (χ0v) is 13.8. The molecule has 1 N–H and O–H groups in total. The number of carbonyl (C=O) groups excluding carboxylic acids is 1. The average Bonchev–Trinajstić information content (AvgIpc) is 2.64. The first-order valence-corrected chi connectivity index (χ1v) is 8.31. The molecule has 0 saturated carbocycles. The molecule has 1 aromatic rings. The van der Waals surface area contributed by atoms with Crippen molar-refractivity contribution in [2.24, 2.45) is 0 Å². The number of rotatable bonds is 5. The molecular formula is C18H21NO6. The van der Waals surface area contributed by atoms with Gasteiger partial charge in [0.05, 0.1) is 0 Å². The number of carboxylic acids is 1. The molecule has 25 heavy (non-hydrogen) atoms. The Morgan fingerprint density at radius 3 is 2.56 bits per heavy atom. The summed E-state index contributed by atoms with van der Waals surface area (Å²) in [4.78, 5) is 25.0. The summed E-state index contributed by atoms with van der Waals surface area (Å²) >= 11 is 0. The molecule has 7 heteroatoms. The maximum absolute atomic E-state index is 12.5. The van der Waals surface area contributed by atoms with Crippen LogP contribution >= 0.6 is 0 Å². The molecule has 1 amide bonds. The fourth-order valence-electron chi connectivity index (χ4n) is 2.96. The first-order chi connectivity index (χ1) is 12.1. The average molecular weight is 347 g/mol. The van der Waals surface area contributed by atoms with E-state index in [-0.39, 0.29) is 18.5 Å². The fraction of sp³-hybridized carbons (Fsp3) is 0.444. The van der Waals surface area contributed by atoms with Gasteiger partial charge >= 0.3 is 5.97 Å². The van der Waals surface area contributed by atoms with E-state index in [1.807, 2.05) is 6.07 Å². The SMILES string of the molecule is O=C(O)CN(C(=O)/C=C/c1ccc2c(c1)OCCO2)C1CCOCC1. The number of carbonyl (C=O) groups is 2. The van der Waals surface area contributed by atoms with Crippen LogP contribution in [0.15, 0.2) is 24.3 Å². The lowest BCUT2D eigenvalue weighted by Crippen LogP contribution is -2.45. The third-order valence-electron chi connectivity index (χ3n) is 4.20. The molecular weight excluding hydrogens is 326 g/mol. The number of carboxylic acid groups (broad SMARTS) is 1. The maximum atomic E-state index is 12.5. The molecule has 1 fully saturated rings. The van der Waals surface area contributed by atoms with Crippen LogP contribution in [-0.4, -0.2) is 60.9 Å². The molecule has 2 heterocycles. The summed E-state index contributed by atoms with van der Waals surface area (Å²) in [5, 5.41) is 9.10. The lowest BCUT2D eigenvalue weighted by atomic mass is 10.1. The molecule has 2 aliphatic heterocycles. The summed E-state index contributed by atoms with van der Waals surface area (Å²) < 4.78 is 16.3. The van der Waals surface area contributed by atoms with E-state index in [0.717, 1.165) is 5.56 Å². The third-order valence-corrected chi connectivity index (χ3v) is 4.20. The van der Waals surface area contributed by atoms with E-state index in [0.29, 0.717) is 50.8 Å². The van der Waals surface area contributed by atoms with Gasteiger partial charge in [0.2, 0.25) is 5.91 Å². The van der Waals surface area contributed by atoms with Crippen LogP contribution in [0, 0.1) is 0 Å². The van der Waals surface area contributed by atoms with Crippen LogP contribution in [0.3, 0.4) is 0 Å². The van der Waals surface area contributed by atoms with Gasteiger partial charge in [0, 0.05) is 25.3 Å². The number of benzene rings is 1. The van der Waals surface area contributed by atoms with Gasteiger partial charge in [-0.1, -0.05) is 6.07 Å². The first kappa shape index (κ1) is 17.3. The Morgan fingerprint density at radius 2 is 1.84 bits per heavy atom. The zero-order valence-electron chi connectivity index (χ0n) is 13.8. The van der Waals surface area contributed by atoms with Crippen molar-refractivity contribution in [1.82, 2.24) is 4.90 Å². The normalized spacial score (nSPS) is 17.4. The molecule has 0 aromatic heterocycles. The lowest BCUT2D eigenvalue weighted by molar-refractivity contribution is -0.145. The van der Waals surface area contributed by atoms with Crippen LogP contribution in [0.4, 0.5) is 0 Å². The molecule has 1 aromatic carbocycles. The first-order valence-electron chi connectivity index (χ1n) is 8.31. The Kier molecular flexibility index (Phi) is 5.55. The van der Waals surface area contributed by atoms with Crippen LogP contribution in [-0.2, 0) is 14.3 Å². The van der Waals surface area contributed by atoms with Gasteiger partial charge in [-0.2, -0.15) is 0 Å². The van der Waals surface area contributed by atoms with Crippen LogP contribution in [0.25, 0.3) is 6.08 Å². The Hall–Kier alpha value is -2.54. The number of hydrogen-bond donors (Lipinski definition) is 1. The molecule has 0 radical (unpaired) electrons. The summed E-state index contributed by atoms with van der Waals surface area (Å²) in [7, 11) is 0. The van der Waals surface area contributed by atoms with Gasteiger partial charge in [-0.3, -0.25) is 9.59 Å². The van der Waals surface area contributed by atoms with Crippen molar-refractivity contribution in [3.05, 3.63) is 29.8 Å². The third kappa shape index (κ3) is 4.51. The van der Waals surface area contributed by atoms with Crippen LogP contribution in [0.1, 0.15) is 18.4 Å². The van der Waals surface area contributed by atoms with E-state index in [9.17, 15) is 9.59 Å². The minimum Gasteiger partial charge on any atom is -0.486 e. The zero-order chi connectivity index (χ0) is 17.6. The summed E-state index contributed by atoms with van der Waals surface area (Å²) in [5.41, 5.74) is 0.792. The summed E-state index contributed by atoms with van der Waals surface area (Å²) in [6.07, 6.45) is 4.37. The molecule has 134 valence electrons. The molecule has 7 nitrogen and oxygen atoms in total. The van der Waals surface area contributed by atoms with Crippen molar-refractivity contribution in [1.29, 1.82) is 0 Å². The van der Waals surface area contributed by atoms with Crippen molar-refractivity contribution >= 4 is 18.0 Å². The highest BCUT2D eigenvalue weighted by Crippen LogP contribution is 2.31. The fourth-order valence-corrected chi connectivity index (χ4v) is 2.96. The monoisotopic (exact) mass is 347 g/mol. The van der Waals surface area contributed by atoms with Crippen molar-refractivity contribution < 1.29 is 28.9 Å². The highest BCUT2D eigenvalue weighted by Gasteiger charge is 2.26. The van der Waals surface area contributed by atoms with Gasteiger partial charge in [0.1, 0.15) is 19.8 Å². The van der Waals surface area contributed by atoms with Gasteiger partial charge in [0.25, 0.3) is 0 Å². The van der Waals surface area contributed by atoms with Gasteiger partial charge < -0.3 is 24.2 Å². The Balaban J connectivity index is 1.71. The Morgan fingerprint density at radius 1 is 1.12 bits per heavy atom. The molecule has 3 rings (SSSR count). The highest BCUT2D eigenvalue weighted by atomic mass is 16.6. The minimum absolute atomic E-state index is 0.109. The topological polar surface area (TPSA) is 85.3 Å². The number of fused-ring (bicyclic) bond motifs is 1. The summed E-state index contributed by atoms with van der Waals surface area (Å²) in [6, 6.07) is 5.32. The Bertz CT molecular complexity index is 666. The van der Waals surface area contributed by atoms with Gasteiger partial charge in [0.15, 0.2) is 11.5 Å². The van der Waals surface area contributed by atoms with Crippen LogP contribution in [0.2, 0.25) is 0 Å². The molecule has 0 unspecified atom stereocenters. The number of hydrogen-bond acceptors (Lipinski definition) is 5. The van der Waals surface area contributed by atoms with E-state index < -0.39 is 5.97 Å². The molecule has 0 spiro atoms. The highest BCUT2D eigenvalue weighted by molar-refractivity contribution is 5.93. The van der Waals surface area contributed by atoms with Gasteiger partial charge in [-0.05, 0) is 36.6 Å². The molecule has 0 bridgehead atoms. The van der Waals surface area contributed by atoms with Crippen LogP contribution < -0.4 is 9.47 Å². The van der Waals surface area contributed by atoms with E-state index in [1.54, 1.807) is 18.2 Å². The smallest absolute Gasteiger partial charge is 0.323 e. The molecule has 2 aliphatic rings. The minimum atomic E-state index is -1.02. The second-order valence-corrected chi connectivity index (χ2v) is 5.94.